The van der Waals surface area contributed by atoms with E-state index in [9.17, 15) is 19.2 Å². The Morgan fingerprint density at radius 2 is 1.15 bits per heavy atom. The third-order valence-electron chi connectivity index (χ3n) is 9.19. The van der Waals surface area contributed by atoms with Crippen LogP contribution in [0.1, 0.15) is 115 Å². The zero-order chi connectivity index (χ0) is 39.4. The van der Waals surface area contributed by atoms with Gasteiger partial charge in [0.25, 0.3) is 0 Å². The van der Waals surface area contributed by atoms with Gasteiger partial charge in [0, 0.05) is 13.3 Å². The number of nitrogens with one attached hydrogen (secondary N) is 2. The molecular weight excluding hydrogens is 692 g/mol. The molecule has 2 amide bonds. The van der Waals surface area contributed by atoms with Crippen molar-refractivity contribution >= 4 is 24.1 Å². The number of ether oxygens (including phenoxy) is 6. The van der Waals surface area contributed by atoms with Crippen LogP contribution in [0.3, 0.4) is 0 Å². The number of carbonyl (C=O) groups is 4. The van der Waals surface area contributed by atoms with E-state index in [0.717, 1.165) is 48.3 Å². The van der Waals surface area contributed by atoms with Gasteiger partial charge in [0.05, 0.1) is 39.6 Å². The monoisotopic (exact) mass is 756 g/mol. The van der Waals surface area contributed by atoms with Crippen molar-refractivity contribution in [3.05, 3.63) is 59.7 Å². The quantitative estimate of drug-likeness (QED) is 0.0494. The fourth-order valence-electron chi connectivity index (χ4n) is 5.83. The molecular formula is C42H64N2O10. The molecule has 2 aromatic rings. The molecule has 0 radical (unpaired) electrons. The third-order valence-corrected chi connectivity index (χ3v) is 9.19. The first-order valence-electron chi connectivity index (χ1n) is 19.6. The van der Waals surface area contributed by atoms with E-state index in [1.165, 1.54) is 59.7 Å². The van der Waals surface area contributed by atoms with E-state index in [1.807, 2.05) is 48.5 Å². The smallest absolute Gasteiger partial charge is 0.407 e. The first kappa shape index (κ1) is 45.7. The van der Waals surface area contributed by atoms with Crippen molar-refractivity contribution in [1.29, 1.82) is 0 Å². The molecule has 302 valence electrons. The van der Waals surface area contributed by atoms with Crippen LogP contribution in [0.25, 0.3) is 0 Å². The maximum Gasteiger partial charge on any atom is 0.407 e. The molecule has 0 saturated heterocycles. The van der Waals surface area contributed by atoms with E-state index in [1.54, 1.807) is 0 Å². The molecule has 0 aliphatic rings. The molecule has 0 aromatic heterocycles. The number of hydrogen-bond acceptors (Lipinski definition) is 10. The Bertz CT molecular complexity index is 1350. The molecule has 2 N–H and O–H groups in total. The third kappa shape index (κ3) is 19.6. The van der Waals surface area contributed by atoms with Gasteiger partial charge in [0.1, 0.15) is 24.1 Å². The molecule has 12 nitrogen and oxygen atoms in total. The summed E-state index contributed by atoms with van der Waals surface area (Å²) in [5, 5.41) is 5.40. The second-order valence-corrected chi connectivity index (χ2v) is 13.6. The van der Waals surface area contributed by atoms with Gasteiger partial charge >= 0.3 is 24.1 Å². The van der Waals surface area contributed by atoms with Crippen molar-refractivity contribution in [2.75, 3.05) is 40.6 Å². The van der Waals surface area contributed by atoms with Crippen LogP contribution in [0.2, 0.25) is 0 Å². The van der Waals surface area contributed by atoms with E-state index < -0.39 is 35.7 Å². The van der Waals surface area contributed by atoms with Crippen LogP contribution >= 0.6 is 0 Å². The topological polar surface area (TPSA) is 148 Å². The normalized spacial score (nSPS) is 12.5. The summed E-state index contributed by atoms with van der Waals surface area (Å²) in [4.78, 5) is 49.9. The Labute approximate surface area is 322 Å². The van der Waals surface area contributed by atoms with Crippen LogP contribution in [-0.4, -0.2) is 76.4 Å². The van der Waals surface area contributed by atoms with Gasteiger partial charge in [-0.05, 0) is 73.9 Å². The van der Waals surface area contributed by atoms with E-state index in [0.29, 0.717) is 32.5 Å². The Hall–Kier alpha value is -4.48. The Morgan fingerprint density at radius 3 is 1.65 bits per heavy atom. The molecule has 2 aromatic carbocycles. The fourth-order valence-corrected chi connectivity index (χ4v) is 5.83. The molecule has 0 fully saturated rings. The average Bonchev–Trinajstić information content (AvgIpc) is 3.18. The van der Waals surface area contributed by atoms with Gasteiger partial charge in [0.15, 0.2) is 0 Å². The highest BCUT2D eigenvalue weighted by molar-refractivity contribution is 5.81. The summed E-state index contributed by atoms with van der Waals surface area (Å²) in [6.45, 7) is 6.68. The fraction of sp³-hybridized carbons (Fsp3) is 0.619. The van der Waals surface area contributed by atoms with Crippen LogP contribution in [0.15, 0.2) is 48.5 Å². The van der Waals surface area contributed by atoms with Crippen molar-refractivity contribution < 1.29 is 47.6 Å². The van der Waals surface area contributed by atoms with Crippen LogP contribution in [0, 0.1) is 0 Å². The van der Waals surface area contributed by atoms with Crippen LogP contribution < -0.4 is 20.1 Å². The molecule has 2 unspecified atom stereocenters. The highest BCUT2D eigenvalue weighted by atomic mass is 16.6. The first-order chi connectivity index (χ1) is 26.1. The molecule has 0 heterocycles. The molecule has 0 aliphatic heterocycles. The predicted octanol–water partition coefficient (Wildman–Crippen LogP) is 8.27. The van der Waals surface area contributed by atoms with Crippen LogP contribution in [-0.2, 0) is 41.4 Å². The Balaban J connectivity index is 2.04. The Kier molecular flexibility index (Phi) is 23.0. The zero-order valence-electron chi connectivity index (χ0n) is 33.2. The minimum Gasteiger partial charge on any atom is -0.494 e. The molecule has 0 aliphatic carbocycles. The average molecular weight is 757 g/mol. The summed E-state index contributed by atoms with van der Waals surface area (Å²) in [5.41, 5.74) is 0.807. The molecule has 2 atom stereocenters. The maximum atomic E-state index is 13.3. The molecule has 12 heteroatoms. The molecule has 0 saturated carbocycles. The van der Waals surface area contributed by atoms with E-state index in [-0.39, 0.29) is 26.1 Å². The Morgan fingerprint density at radius 1 is 0.630 bits per heavy atom. The van der Waals surface area contributed by atoms with E-state index in [2.05, 4.69) is 24.5 Å². The van der Waals surface area contributed by atoms with E-state index in [4.69, 9.17) is 28.4 Å². The van der Waals surface area contributed by atoms with Gasteiger partial charge in [-0.15, -0.1) is 0 Å². The molecule has 0 spiro atoms. The maximum absolute atomic E-state index is 13.3. The van der Waals surface area contributed by atoms with Gasteiger partial charge in [0.2, 0.25) is 0 Å². The number of alkyl carbamates (subject to hydrolysis) is 2. The van der Waals surface area contributed by atoms with Gasteiger partial charge in [-0.25, -0.2) is 14.4 Å². The molecule has 2 rings (SSSR count). The largest absolute Gasteiger partial charge is 0.494 e. The minimum absolute atomic E-state index is 0.103. The van der Waals surface area contributed by atoms with Crippen molar-refractivity contribution in [3.8, 4) is 11.5 Å². The minimum atomic E-state index is -1.13. The standard InChI is InChI=1S/C42H64N2O10/c1-6-8-10-12-14-29-51-36-21-16-34(17-22-36)20-25-38(43-40(47)49-4)39(46)53-31-28-42(32-54-33(3)45,44-41(48)50-5)27-26-35-18-23-37(24-19-35)52-30-15-13-11-9-7-2/h16-19,21-24,38H,6-15,20,25-32H2,1-5H3,(H,43,47)(H,44,48). The summed E-state index contributed by atoms with van der Waals surface area (Å²) < 4.78 is 32.5. The summed E-state index contributed by atoms with van der Waals surface area (Å²) in [6, 6.07) is 14.4. The number of benzene rings is 2. The SMILES string of the molecule is CCCCCCCOc1ccc(CCC(NC(=O)OC)C(=O)OCCC(CCc2ccc(OCCCCCCC)cc2)(COC(C)=O)NC(=O)OC)cc1. The molecule has 54 heavy (non-hydrogen) atoms. The van der Waals surface area contributed by atoms with Gasteiger partial charge in [-0.3, -0.25) is 4.79 Å². The number of amides is 2. The number of methoxy groups -OCH3 is 2. The number of hydrogen-bond donors (Lipinski definition) is 2. The van der Waals surface area contributed by atoms with Gasteiger partial charge in [-0.2, -0.15) is 0 Å². The lowest BCUT2D eigenvalue weighted by molar-refractivity contribution is -0.149. The number of aryl methyl sites for hydroxylation is 2. The van der Waals surface area contributed by atoms with Gasteiger partial charge < -0.3 is 39.1 Å². The van der Waals surface area contributed by atoms with Crippen molar-refractivity contribution in [3.63, 3.8) is 0 Å². The van der Waals surface area contributed by atoms with Gasteiger partial charge in [-0.1, -0.05) is 89.5 Å². The summed E-state index contributed by atoms with van der Waals surface area (Å²) in [5.74, 6) is 0.377. The lowest BCUT2D eigenvalue weighted by atomic mass is 9.88. The van der Waals surface area contributed by atoms with Crippen molar-refractivity contribution in [2.24, 2.45) is 0 Å². The number of carbonyl (C=O) groups excluding carboxylic acids is 4. The van der Waals surface area contributed by atoms with Crippen LogP contribution in [0.4, 0.5) is 9.59 Å². The highest BCUT2D eigenvalue weighted by Gasteiger charge is 2.35. The predicted molar refractivity (Wildman–Crippen MR) is 208 cm³/mol. The number of esters is 2. The number of rotatable bonds is 28. The van der Waals surface area contributed by atoms with E-state index >= 15 is 0 Å². The molecule has 0 bridgehead atoms. The summed E-state index contributed by atoms with van der Waals surface area (Å²) >= 11 is 0. The highest BCUT2D eigenvalue weighted by Crippen LogP contribution is 2.23. The van der Waals surface area contributed by atoms with Crippen molar-refractivity contribution in [1.82, 2.24) is 10.6 Å². The second-order valence-electron chi connectivity index (χ2n) is 13.6. The lowest BCUT2D eigenvalue weighted by Crippen LogP contribution is -2.53. The second kappa shape index (κ2) is 27.2. The van der Waals surface area contributed by atoms with Crippen molar-refractivity contribution in [2.45, 2.75) is 129 Å². The first-order valence-corrected chi connectivity index (χ1v) is 19.6. The lowest BCUT2D eigenvalue weighted by Gasteiger charge is -2.34. The zero-order valence-corrected chi connectivity index (χ0v) is 33.2. The van der Waals surface area contributed by atoms with Crippen LogP contribution in [0.5, 0.6) is 11.5 Å². The summed E-state index contributed by atoms with van der Waals surface area (Å²) in [6.07, 6.45) is 11.8. The number of unbranched alkanes of at least 4 members (excludes halogenated alkanes) is 8. The summed E-state index contributed by atoms with van der Waals surface area (Å²) in [7, 11) is 2.46.